The molecule has 0 radical (unpaired) electrons. The van der Waals surface area contributed by atoms with Crippen LogP contribution in [0.2, 0.25) is 0 Å². The third kappa shape index (κ3) is 4.80. The second-order valence-corrected chi connectivity index (χ2v) is 8.78. The first-order valence-electron chi connectivity index (χ1n) is 11.4. The van der Waals surface area contributed by atoms with Crippen LogP contribution in [-0.4, -0.2) is 0 Å². The summed E-state index contributed by atoms with van der Waals surface area (Å²) in [6.07, 6.45) is 5.40. The van der Waals surface area contributed by atoms with E-state index in [1.54, 1.807) is 6.07 Å². The summed E-state index contributed by atoms with van der Waals surface area (Å²) in [7, 11) is 0. The fourth-order valence-electron chi connectivity index (χ4n) is 4.78. The highest BCUT2D eigenvalue weighted by molar-refractivity contribution is 5.66. The van der Waals surface area contributed by atoms with Crippen molar-refractivity contribution in [3.63, 3.8) is 0 Å². The van der Waals surface area contributed by atoms with Gasteiger partial charge in [0.05, 0.1) is 0 Å². The molecule has 0 N–H and O–H groups in total. The molecule has 0 aliphatic heterocycles. The van der Waals surface area contributed by atoms with E-state index in [1.807, 2.05) is 12.1 Å². The van der Waals surface area contributed by atoms with Crippen molar-refractivity contribution in [2.24, 2.45) is 0 Å². The number of rotatable bonds is 6. The molecule has 0 heterocycles. The summed E-state index contributed by atoms with van der Waals surface area (Å²) in [4.78, 5) is 0. The van der Waals surface area contributed by atoms with Crippen molar-refractivity contribution in [3.8, 4) is 17.2 Å². The van der Waals surface area contributed by atoms with Gasteiger partial charge in [-0.1, -0.05) is 38.0 Å². The molecule has 0 bridgehead atoms. The van der Waals surface area contributed by atoms with Crippen molar-refractivity contribution in [2.75, 3.05) is 0 Å². The summed E-state index contributed by atoms with van der Waals surface area (Å²) in [6.45, 7) is 2.09. The number of aryl methyl sites for hydroxylation is 2. The quantitative estimate of drug-likeness (QED) is 0.277. The highest BCUT2D eigenvalue weighted by atomic mass is 19.1. The minimum atomic E-state index is -0.894. The Morgan fingerprint density at radius 1 is 0.848 bits per heavy atom. The van der Waals surface area contributed by atoms with E-state index in [1.165, 1.54) is 18.2 Å². The van der Waals surface area contributed by atoms with Crippen LogP contribution in [0.1, 0.15) is 66.3 Å². The number of nitrogens with zero attached hydrogens (tertiary/aromatic N) is 1. The summed E-state index contributed by atoms with van der Waals surface area (Å²) < 4.78 is 57.8. The Kier molecular flexibility index (Phi) is 6.83. The summed E-state index contributed by atoms with van der Waals surface area (Å²) in [5, 5.41) is 8.86. The van der Waals surface area contributed by atoms with Gasteiger partial charge in [0.25, 0.3) is 0 Å². The maximum atomic E-state index is 14.9. The van der Waals surface area contributed by atoms with Crippen LogP contribution in [-0.2, 0) is 19.3 Å². The van der Waals surface area contributed by atoms with Crippen LogP contribution in [0.25, 0.3) is 11.1 Å². The number of hydrogen-bond acceptors (Lipinski definition) is 1. The summed E-state index contributed by atoms with van der Waals surface area (Å²) >= 11 is 0. The molecule has 0 saturated heterocycles. The van der Waals surface area contributed by atoms with Gasteiger partial charge in [0.1, 0.15) is 34.9 Å². The second-order valence-electron chi connectivity index (χ2n) is 8.78. The molecule has 3 aromatic rings. The maximum Gasteiger partial charge on any atom is 0.144 e. The number of benzene rings is 3. The first kappa shape index (κ1) is 23.0. The third-order valence-corrected chi connectivity index (χ3v) is 6.54. The van der Waals surface area contributed by atoms with E-state index in [0.717, 1.165) is 42.5 Å². The minimum absolute atomic E-state index is 0.153. The Hall–Kier alpha value is -3.13. The van der Waals surface area contributed by atoms with Gasteiger partial charge < -0.3 is 0 Å². The van der Waals surface area contributed by atoms with Crippen molar-refractivity contribution in [1.82, 2.24) is 0 Å². The number of nitriles is 1. The molecule has 1 nitrogen and oxygen atoms in total. The van der Waals surface area contributed by atoms with Crippen LogP contribution in [0.4, 0.5) is 17.6 Å². The van der Waals surface area contributed by atoms with Gasteiger partial charge in [0.2, 0.25) is 0 Å². The highest BCUT2D eigenvalue weighted by Crippen LogP contribution is 2.37. The molecule has 3 aromatic carbocycles. The first-order chi connectivity index (χ1) is 15.9. The van der Waals surface area contributed by atoms with Gasteiger partial charge in [-0.3, -0.25) is 0 Å². The molecule has 4 rings (SSSR count). The van der Waals surface area contributed by atoms with Gasteiger partial charge in [0.15, 0.2) is 0 Å². The SMILES string of the molecule is CCCCCc1cc(F)c(C2CCc3cc(-c4cc(F)c(C#N)c(F)c4)ccc3C2)c(F)c1. The zero-order valence-corrected chi connectivity index (χ0v) is 18.5. The van der Waals surface area contributed by atoms with Crippen LogP contribution in [0.15, 0.2) is 42.5 Å². The molecular weight excluding hydrogens is 426 g/mol. The van der Waals surface area contributed by atoms with Gasteiger partial charge in [-0.25, -0.2) is 17.6 Å². The third-order valence-electron chi connectivity index (χ3n) is 6.54. The van der Waals surface area contributed by atoms with Crippen LogP contribution in [0, 0.1) is 34.6 Å². The predicted molar refractivity (Wildman–Crippen MR) is 121 cm³/mol. The Morgan fingerprint density at radius 3 is 2.18 bits per heavy atom. The smallest absolute Gasteiger partial charge is 0.144 e. The normalized spacial score (nSPS) is 15.2. The average molecular weight is 452 g/mol. The summed E-state index contributed by atoms with van der Waals surface area (Å²) in [5.74, 6) is -2.99. The Morgan fingerprint density at radius 2 is 1.55 bits per heavy atom. The van der Waals surface area contributed by atoms with Gasteiger partial charge in [-0.15, -0.1) is 0 Å². The van der Waals surface area contributed by atoms with Gasteiger partial charge >= 0.3 is 0 Å². The van der Waals surface area contributed by atoms with Crippen LogP contribution < -0.4 is 0 Å². The van der Waals surface area contributed by atoms with Gasteiger partial charge in [0, 0.05) is 5.56 Å². The van der Waals surface area contributed by atoms with Crippen molar-refractivity contribution in [3.05, 3.63) is 93.6 Å². The molecule has 5 heteroatoms. The predicted octanol–water partition coefficient (Wildman–Crippen LogP) is 7.79. The lowest BCUT2D eigenvalue weighted by molar-refractivity contribution is 0.489. The molecule has 0 aromatic heterocycles. The van der Waals surface area contributed by atoms with Crippen molar-refractivity contribution in [2.45, 2.75) is 57.8 Å². The zero-order valence-electron chi connectivity index (χ0n) is 18.5. The molecule has 1 atom stereocenters. The van der Waals surface area contributed by atoms with Crippen molar-refractivity contribution in [1.29, 1.82) is 5.26 Å². The monoisotopic (exact) mass is 451 g/mol. The highest BCUT2D eigenvalue weighted by Gasteiger charge is 2.26. The standard InChI is InChI=1S/C28H25F4N/c1-2-3-4-5-17-10-26(31)28(27(32)11-17)21-9-8-18-12-20(7-6-19(18)13-21)22-14-24(29)23(16-33)25(30)15-22/h6-7,10-12,14-15,21H,2-5,8-9,13H2,1H3. The van der Waals surface area contributed by atoms with E-state index >= 15 is 0 Å². The zero-order chi connectivity index (χ0) is 23.5. The fraction of sp³-hybridized carbons (Fsp3) is 0.321. The molecule has 1 aliphatic carbocycles. The molecule has 1 unspecified atom stereocenters. The molecule has 0 fully saturated rings. The topological polar surface area (TPSA) is 23.8 Å². The van der Waals surface area contributed by atoms with Crippen molar-refractivity contribution >= 4 is 0 Å². The molecular formula is C28H25F4N. The molecule has 0 spiro atoms. The van der Waals surface area contributed by atoms with Gasteiger partial charge in [-0.2, -0.15) is 5.26 Å². The van der Waals surface area contributed by atoms with Crippen molar-refractivity contribution < 1.29 is 17.6 Å². The lowest BCUT2D eigenvalue weighted by Crippen LogP contribution is -2.16. The van der Waals surface area contributed by atoms with Gasteiger partial charge in [-0.05, 0) is 90.1 Å². The molecule has 0 saturated carbocycles. The average Bonchev–Trinajstić information content (AvgIpc) is 2.78. The number of unbranched alkanes of at least 4 members (excludes halogenated alkanes) is 2. The van der Waals surface area contributed by atoms with Crippen LogP contribution in [0.5, 0.6) is 0 Å². The first-order valence-corrected chi connectivity index (χ1v) is 11.4. The molecule has 0 amide bonds. The lowest BCUT2D eigenvalue weighted by Gasteiger charge is -2.26. The number of halogens is 4. The lowest BCUT2D eigenvalue weighted by atomic mass is 9.78. The molecule has 33 heavy (non-hydrogen) atoms. The maximum absolute atomic E-state index is 14.9. The fourth-order valence-corrected chi connectivity index (χ4v) is 4.78. The largest absolute Gasteiger partial charge is 0.207 e. The Balaban J connectivity index is 1.56. The molecule has 1 aliphatic rings. The van der Waals surface area contributed by atoms with E-state index in [4.69, 9.17) is 5.26 Å². The van der Waals surface area contributed by atoms with E-state index in [9.17, 15) is 17.6 Å². The minimum Gasteiger partial charge on any atom is -0.207 e. The van der Waals surface area contributed by atoms with Crippen LogP contribution in [0.3, 0.4) is 0 Å². The Bertz CT molecular complexity index is 1180. The van der Waals surface area contributed by atoms with E-state index in [0.29, 0.717) is 42.4 Å². The number of fused-ring (bicyclic) bond motifs is 1. The van der Waals surface area contributed by atoms with Crippen LogP contribution >= 0.6 is 0 Å². The second kappa shape index (κ2) is 9.79. The van der Waals surface area contributed by atoms with E-state index in [2.05, 4.69) is 6.92 Å². The van der Waals surface area contributed by atoms with E-state index in [-0.39, 0.29) is 11.5 Å². The summed E-state index contributed by atoms with van der Waals surface area (Å²) in [6, 6.07) is 12.3. The van der Waals surface area contributed by atoms with E-state index < -0.39 is 28.8 Å². The summed E-state index contributed by atoms with van der Waals surface area (Å²) in [5.41, 5.74) is 3.24. The Labute approximate surface area is 191 Å². The molecule has 170 valence electrons. The number of hydrogen-bond donors (Lipinski definition) is 0.